The molecule has 1 spiro atoms. The normalized spacial score (nSPS) is 21.4. The fraction of sp³-hybridized carbons (Fsp3) is 0.571. The van der Waals surface area contributed by atoms with Crippen LogP contribution in [0.1, 0.15) is 49.0 Å². The van der Waals surface area contributed by atoms with E-state index in [1.807, 2.05) is 26.8 Å². The van der Waals surface area contributed by atoms with Crippen molar-refractivity contribution in [2.45, 2.75) is 51.8 Å². The lowest BCUT2D eigenvalue weighted by Crippen LogP contribution is -2.58. The molecule has 2 fully saturated rings. The third-order valence-electron chi connectivity index (χ3n) is 5.51. The Kier molecular flexibility index (Phi) is 5.74. The summed E-state index contributed by atoms with van der Waals surface area (Å²) in [5, 5.41) is 9.65. The first-order chi connectivity index (χ1) is 13.2. The summed E-state index contributed by atoms with van der Waals surface area (Å²) in [4.78, 5) is 40.6. The van der Waals surface area contributed by atoms with Crippen molar-refractivity contribution in [2.24, 2.45) is 5.92 Å². The topological polar surface area (TPSA) is 87.2 Å². The minimum absolute atomic E-state index is 0.0349. The first-order valence-electron chi connectivity index (χ1n) is 9.78. The van der Waals surface area contributed by atoms with Crippen LogP contribution in [0, 0.1) is 12.8 Å². The van der Waals surface area contributed by atoms with Crippen molar-refractivity contribution in [3.63, 3.8) is 0 Å². The zero-order chi connectivity index (χ0) is 20.5. The second kappa shape index (κ2) is 7.91. The van der Waals surface area contributed by atoms with Gasteiger partial charge < -0.3 is 14.7 Å². The van der Waals surface area contributed by atoms with E-state index in [9.17, 15) is 19.5 Å². The molecule has 1 aromatic carbocycles. The standard InChI is InChI=1S/C21H28N2O5/c1-14(2)11-18(24)22-9-7-21(8-10-22)23(17(13-28-21)20(26)27)19(25)16-6-4-5-15(3)12-16/h4-6,12,14,17H,7-11,13H2,1-3H3,(H,26,27). The van der Waals surface area contributed by atoms with Crippen LogP contribution in [0.15, 0.2) is 24.3 Å². The number of rotatable bonds is 4. The molecule has 2 aliphatic heterocycles. The molecule has 0 aromatic heterocycles. The second-order valence-electron chi connectivity index (χ2n) is 8.13. The Balaban J connectivity index is 1.83. The summed E-state index contributed by atoms with van der Waals surface area (Å²) in [6, 6.07) is 6.11. The van der Waals surface area contributed by atoms with Crippen LogP contribution in [0.2, 0.25) is 0 Å². The number of hydrogen-bond donors (Lipinski definition) is 1. The molecule has 1 N–H and O–H groups in total. The Morgan fingerprint density at radius 3 is 2.50 bits per heavy atom. The van der Waals surface area contributed by atoms with E-state index >= 15 is 0 Å². The highest BCUT2D eigenvalue weighted by Gasteiger charge is 2.54. The summed E-state index contributed by atoms with van der Waals surface area (Å²) in [6.07, 6.45) is 1.31. The molecule has 1 unspecified atom stereocenters. The molecular weight excluding hydrogens is 360 g/mol. The first kappa shape index (κ1) is 20.3. The van der Waals surface area contributed by atoms with Crippen molar-refractivity contribution in [3.8, 4) is 0 Å². The van der Waals surface area contributed by atoms with E-state index in [0.29, 0.717) is 37.9 Å². The zero-order valence-corrected chi connectivity index (χ0v) is 16.7. The molecule has 0 radical (unpaired) electrons. The molecule has 0 aliphatic carbocycles. The third kappa shape index (κ3) is 3.90. The number of aryl methyl sites for hydroxylation is 1. The Bertz CT molecular complexity index is 768. The number of hydrogen-bond acceptors (Lipinski definition) is 4. The SMILES string of the molecule is Cc1cccc(C(=O)N2C(C(=O)O)COC23CCN(C(=O)CC(C)C)CC3)c1. The maximum absolute atomic E-state index is 13.3. The fourth-order valence-electron chi connectivity index (χ4n) is 4.06. The summed E-state index contributed by atoms with van der Waals surface area (Å²) < 4.78 is 5.94. The molecule has 7 heteroatoms. The van der Waals surface area contributed by atoms with Gasteiger partial charge in [0.05, 0.1) is 6.61 Å². The molecule has 1 atom stereocenters. The highest BCUT2D eigenvalue weighted by Crippen LogP contribution is 2.38. The van der Waals surface area contributed by atoms with Gasteiger partial charge in [0.1, 0.15) is 5.72 Å². The van der Waals surface area contributed by atoms with Crippen molar-refractivity contribution in [1.29, 1.82) is 0 Å². The van der Waals surface area contributed by atoms with Crippen molar-refractivity contribution in [3.05, 3.63) is 35.4 Å². The predicted molar refractivity (Wildman–Crippen MR) is 103 cm³/mol. The quantitative estimate of drug-likeness (QED) is 0.855. The number of likely N-dealkylation sites (tertiary alicyclic amines) is 1. The van der Waals surface area contributed by atoms with Crippen LogP contribution in [-0.4, -0.2) is 64.2 Å². The van der Waals surface area contributed by atoms with Crippen LogP contribution < -0.4 is 0 Å². The van der Waals surface area contributed by atoms with E-state index in [-0.39, 0.29) is 24.3 Å². The Labute approximate surface area is 165 Å². The maximum Gasteiger partial charge on any atom is 0.328 e. The zero-order valence-electron chi connectivity index (χ0n) is 16.7. The average Bonchev–Trinajstić information content (AvgIpc) is 3.00. The van der Waals surface area contributed by atoms with Gasteiger partial charge in [-0.05, 0) is 25.0 Å². The number of benzene rings is 1. The molecule has 152 valence electrons. The summed E-state index contributed by atoms with van der Waals surface area (Å²) in [5.74, 6) is -1.04. The highest BCUT2D eigenvalue weighted by molar-refractivity contribution is 5.97. The number of carboxylic acid groups (broad SMARTS) is 1. The summed E-state index contributed by atoms with van der Waals surface area (Å²) in [6.45, 7) is 6.77. The van der Waals surface area contributed by atoms with Crippen molar-refractivity contribution in [2.75, 3.05) is 19.7 Å². The molecule has 0 saturated carbocycles. The monoisotopic (exact) mass is 388 g/mol. The molecule has 2 heterocycles. The summed E-state index contributed by atoms with van der Waals surface area (Å²) in [5.41, 5.74) is 0.411. The van der Waals surface area contributed by atoms with Crippen LogP contribution >= 0.6 is 0 Å². The van der Waals surface area contributed by atoms with Gasteiger partial charge in [-0.25, -0.2) is 4.79 Å². The van der Waals surface area contributed by atoms with Gasteiger partial charge in [0.2, 0.25) is 5.91 Å². The van der Waals surface area contributed by atoms with Gasteiger partial charge in [-0.3, -0.25) is 14.5 Å². The van der Waals surface area contributed by atoms with Gasteiger partial charge in [0.25, 0.3) is 5.91 Å². The molecule has 1 aromatic rings. The first-order valence-corrected chi connectivity index (χ1v) is 9.78. The Morgan fingerprint density at radius 2 is 1.93 bits per heavy atom. The molecular formula is C21H28N2O5. The van der Waals surface area contributed by atoms with Crippen LogP contribution in [-0.2, 0) is 14.3 Å². The van der Waals surface area contributed by atoms with Gasteiger partial charge in [-0.1, -0.05) is 31.5 Å². The van der Waals surface area contributed by atoms with Crippen molar-refractivity contribution >= 4 is 17.8 Å². The summed E-state index contributed by atoms with van der Waals surface area (Å²) >= 11 is 0. The van der Waals surface area contributed by atoms with Gasteiger partial charge in [0, 0.05) is 37.9 Å². The smallest absolute Gasteiger partial charge is 0.328 e. The molecule has 2 amide bonds. The van der Waals surface area contributed by atoms with E-state index < -0.39 is 17.7 Å². The number of carbonyl (C=O) groups is 3. The average molecular weight is 388 g/mol. The molecule has 7 nitrogen and oxygen atoms in total. The number of nitrogens with zero attached hydrogens (tertiary/aromatic N) is 2. The van der Waals surface area contributed by atoms with Crippen LogP contribution in [0.4, 0.5) is 0 Å². The minimum atomic E-state index is -1.07. The van der Waals surface area contributed by atoms with E-state index in [2.05, 4.69) is 0 Å². The lowest BCUT2D eigenvalue weighted by Gasteiger charge is -2.44. The van der Waals surface area contributed by atoms with Gasteiger partial charge >= 0.3 is 5.97 Å². The lowest BCUT2D eigenvalue weighted by atomic mass is 9.96. The Hall–Kier alpha value is -2.41. The van der Waals surface area contributed by atoms with Crippen LogP contribution in [0.25, 0.3) is 0 Å². The molecule has 0 bridgehead atoms. The fourth-order valence-corrected chi connectivity index (χ4v) is 4.06. The van der Waals surface area contributed by atoms with Gasteiger partial charge in [-0.2, -0.15) is 0 Å². The summed E-state index contributed by atoms with van der Waals surface area (Å²) in [7, 11) is 0. The number of amides is 2. The van der Waals surface area contributed by atoms with Crippen molar-refractivity contribution in [1.82, 2.24) is 9.80 Å². The Morgan fingerprint density at radius 1 is 1.25 bits per heavy atom. The number of piperidine rings is 1. The van der Waals surface area contributed by atoms with E-state index in [1.165, 1.54) is 4.90 Å². The number of aliphatic carboxylic acids is 1. The van der Waals surface area contributed by atoms with Crippen LogP contribution in [0.3, 0.4) is 0 Å². The molecule has 3 rings (SSSR count). The van der Waals surface area contributed by atoms with Gasteiger partial charge in [0.15, 0.2) is 6.04 Å². The minimum Gasteiger partial charge on any atom is -0.480 e. The second-order valence-corrected chi connectivity index (χ2v) is 8.13. The number of carboxylic acids is 1. The van der Waals surface area contributed by atoms with Crippen LogP contribution in [0.5, 0.6) is 0 Å². The lowest BCUT2D eigenvalue weighted by molar-refractivity contribution is -0.148. The number of ether oxygens (including phenoxy) is 1. The van der Waals surface area contributed by atoms with Crippen molar-refractivity contribution < 1.29 is 24.2 Å². The predicted octanol–water partition coefficient (Wildman–Crippen LogP) is 2.29. The molecule has 28 heavy (non-hydrogen) atoms. The van der Waals surface area contributed by atoms with Gasteiger partial charge in [-0.15, -0.1) is 0 Å². The largest absolute Gasteiger partial charge is 0.480 e. The number of carbonyl (C=O) groups excluding carboxylic acids is 2. The highest BCUT2D eigenvalue weighted by atomic mass is 16.5. The van der Waals surface area contributed by atoms with E-state index in [1.54, 1.807) is 23.1 Å². The maximum atomic E-state index is 13.3. The molecule has 2 aliphatic rings. The van der Waals surface area contributed by atoms with E-state index in [0.717, 1.165) is 5.56 Å². The van der Waals surface area contributed by atoms with E-state index in [4.69, 9.17) is 4.74 Å². The molecule has 2 saturated heterocycles. The third-order valence-corrected chi connectivity index (χ3v) is 5.51.